The van der Waals surface area contributed by atoms with Gasteiger partial charge in [-0.25, -0.2) is 0 Å². The van der Waals surface area contributed by atoms with E-state index >= 15 is 0 Å². The van der Waals surface area contributed by atoms with Crippen molar-refractivity contribution in [3.63, 3.8) is 0 Å². The number of anilines is 3. The SMILES string of the molecule is CCCCCCCC1(CCCCCCC)c2cc(N(c3ccc4c(c3)C(C)(C)c3c5c(c6oc7ccccc7c6c3-4)-c3ccccc3C5(C)C)c3ccc4c(c3)C3(c5ccccc5-c5ccccc53)c3ccccc3-4)ccc2-c2c1cc(-c1ccccc1)c1oc3ccccc3c21. The Kier molecular flexibility index (Phi) is 13.1. The largest absolute Gasteiger partial charge is 0.455 e. The standard InChI is InChI=1S/C94H81NO2/c1-7-9-11-13-30-52-93(53-31-14-12-10-8-2)77-55-60(48-51-68(77)82-79(93)57-71(58-32-16-15-17-33-58)89-84(82)69-38-22-28-44-80(69)96-89)95(61-46-49-65-64-36-20-27-43-75(64)94(78(65)56-61)73-41-25-18-34-62(73)63-35-19-26-42-74(63)94)59-47-50-67-76(54-59)92(5,6)87-83(67)85-70-39-23-29-45-81(70)97-90(85)86-66-37-21-24-40-72(66)91(3,4)88(86)87/h15-29,32-51,54-57H,7-14,30-31,52-53H2,1-6H3. The van der Waals surface area contributed by atoms with Crippen molar-refractivity contribution < 1.29 is 8.83 Å². The van der Waals surface area contributed by atoms with Crippen LogP contribution in [-0.4, -0.2) is 0 Å². The fraction of sp³-hybridized carbons (Fsp3) is 0.234. The van der Waals surface area contributed by atoms with Gasteiger partial charge in [-0.05, 0) is 179 Å². The third-order valence-electron chi connectivity index (χ3n) is 24.1. The number of fused-ring (bicyclic) bond motifs is 29. The van der Waals surface area contributed by atoms with Gasteiger partial charge in [0.25, 0.3) is 0 Å². The number of benzene rings is 12. The maximum atomic E-state index is 7.19. The van der Waals surface area contributed by atoms with Crippen LogP contribution in [0.3, 0.4) is 0 Å². The number of rotatable bonds is 16. The summed E-state index contributed by atoms with van der Waals surface area (Å²) >= 11 is 0. The van der Waals surface area contributed by atoms with E-state index in [4.69, 9.17) is 8.83 Å². The highest BCUT2D eigenvalue weighted by molar-refractivity contribution is 6.22. The van der Waals surface area contributed by atoms with E-state index in [1.807, 2.05) is 0 Å². The second-order valence-corrected chi connectivity index (χ2v) is 29.9. The van der Waals surface area contributed by atoms with Gasteiger partial charge in [-0.3, -0.25) is 0 Å². The molecule has 5 aliphatic carbocycles. The quantitative estimate of drug-likeness (QED) is 0.0903. The lowest BCUT2D eigenvalue weighted by molar-refractivity contribution is 0.399. The van der Waals surface area contributed by atoms with Crippen LogP contribution < -0.4 is 4.90 Å². The predicted octanol–water partition coefficient (Wildman–Crippen LogP) is 26.6. The summed E-state index contributed by atoms with van der Waals surface area (Å²) in [5, 5.41) is 4.83. The van der Waals surface area contributed by atoms with Crippen LogP contribution in [0.5, 0.6) is 0 Å². The van der Waals surface area contributed by atoms with Gasteiger partial charge in [-0.1, -0.05) is 288 Å². The Morgan fingerprint density at radius 3 is 1.32 bits per heavy atom. The molecule has 474 valence electrons. The van der Waals surface area contributed by atoms with Crippen LogP contribution in [0.4, 0.5) is 17.1 Å². The molecule has 0 amide bonds. The molecular weight excluding hydrogens is 1180 g/mol. The Bertz CT molecular complexity index is 5510. The van der Waals surface area contributed by atoms with Crippen LogP contribution in [0.1, 0.15) is 174 Å². The van der Waals surface area contributed by atoms with Crippen molar-refractivity contribution in [2.75, 3.05) is 4.90 Å². The molecular formula is C94H81NO2. The van der Waals surface area contributed by atoms with Crippen LogP contribution in [0, 0.1) is 0 Å². The lowest BCUT2D eigenvalue weighted by atomic mass is 9.70. The summed E-state index contributed by atoms with van der Waals surface area (Å²) in [5.74, 6) is 0. The normalized spacial score (nSPS) is 15.3. The van der Waals surface area contributed by atoms with Crippen LogP contribution in [0.15, 0.2) is 245 Å². The van der Waals surface area contributed by atoms with Crippen molar-refractivity contribution in [3.8, 4) is 66.8 Å². The van der Waals surface area contributed by atoms with E-state index in [0.717, 1.165) is 59.4 Å². The molecule has 0 saturated heterocycles. The first-order valence-corrected chi connectivity index (χ1v) is 36.3. The van der Waals surface area contributed by atoms with Gasteiger partial charge in [0.1, 0.15) is 22.3 Å². The molecule has 14 aromatic rings. The molecule has 2 heterocycles. The number of hydrogen-bond donors (Lipinski definition) is 0. The first-order chi connectivity index (χ1) is 47.6. The third kappa shape index (κ3) is 8.03. The van der Waals surface area contributed by atoms with Gasteiger partial charge in [0, 0.05) is 66.0 Å². The summed E-state index contributed by atoms with van der Waals surface area (Å²) in [6.45, 7) is 14.6. The molecule has 0 aliphatic heterocycles. The van der Waals surface area contributed by atoms with Gasteiger partial charge in [-0.2, -0.15) is 0 Å². The Morgan fingerprint density at radius 2 is 0.732 bits per heavy atom. The van der Waals surface area contributed by atoms with Crippen LogP contribution in [-0.2, 0) is 21.7 Å². The molecule has 3 nitrogen and oxygen atoms in total. The van der Waals surface area contributed by atoms with Crippen LogP contribution in [0.2, 0.25) is 0 Å². The zero-order valence-corrected chi connectivity index (χ0v) is 56.8. The molecule has 12 aromatic carbocycles. The second-order valence-electron chi connectivity index (χ2n) is 29.9. The molecule has 0 bridgehead atoms. The average Bonchev–Trinajstić information content (AvgIpc) is 1.52. The molecule has 0 saturated carbocycles. The Hall–Kier alpha value is -9.96. The lowest BCUT2D eigenvalue weighted by Crippen LogP contribution is -2.26. The summed E-state index contributed by atoms with van der Waals surface area (Å²) in [4.78, 5) is 2.67. The minimum Gasteiger partial charge on any atom is -0.455 e. The maximum absolute atomic E-state index is 7.19. The summed E-state index contributed by atoms with van der Waals surface area (Å²) in [6.07, 6.45) is 14.4. The zero-order valence-electron chi connectivity index (χ0n) is 56.8. The summed E-state index contributed by atoms with van der Waals surface area (Å²) in [5.41, 5.74) is 35.2. The highest BCUT2D eigenvalue weighted by atomic mass is 16.3. The summed E-state index contributed by atoms with van der Waals surface area (Å²) < 4.78 is 14.4. The molecule has 0 radical (unpaired) electrons. The molecule has 0 unspecified atom stereocenters. The molecule has 5 aliphatic rings. The summed E-state index contributed by atoms with van der Waals surface area (Å²) in [6, 6.07) is 91.0. The maximum Gasteiger partial charge on any atom is 0.144 e. The first kappa shape index (κ1) is 58.4. The van der Waals surface area contributed by atoms with Crippen molar-refractivity contribution in [3.05, 3.63) is 292 Å². The molecule has 1 spiro atoms. The van der Waals surface area contributed by atoms with Crippen molar-refractivity contribution in [2.24, 2.45) is 0 Å². The number of hydrogen-bond acceptors (Lipinski definition) is 3. The van der Waals surface area contributed by atoms with Crippen molar-refractivity contribution in [1.82, 2.24) is 0 Å². The molecule has 19 rings (SSSR count). The first-order valence-electron chi connectivity index (χ1n) is 36.3. The molecule has 0 fully saturated rings. The van der Waals surface area contributed by atoms with E-state index in [-0.39, 0.29) is 10.8 Å². The van der Waals surface area contributed by atoms with Crippen LogP contribution >= 0.6 is 0 Å². The minimum atomic E-state index is -0.522. The Morgan fingerprint density at radius 1 is 0.309 bits per heavy atom. The van der Waals surface area contributed by atoms with Gasteiger partial charge in [0.2, 0.25) is 0 Å². The van der Waals surface area contributed by atoms with E-state index in [9.17, 15) is 0 Å². The van der Waals surface area contributed by atoms with Crippen molar-refractivity contribution in [1.29, 1.82) is 0 Å². The highest BCUT2D eigenvalue weighted by Gasteiger charge is 2.53. The lowest BCUT2D eigenvalue weighted by Gasteiger charge is -2.35. The molecule has 0 N–H and O–H groups in total. The number of para-hydroxylation sites is 2. The molecule has 97 heavy (non-hydrogen) atoms. The van der Waals surface area contributed by atoms with Gasteiger partial charge in [-0.15, -0.1) is 0 Å². The fourth-order valence-corrected chi connectivity index (χ4v) is 19.9. The number of furan rings is 2. The Labute approximate surface area is 570 Å². The minimum absolute atomic E-state index is 0.271. The van der Waals surface area contributed by atoms with Gasteiger partial charge in [0.05, 0.1) is 5.41 Å². The molecule has 2 aromatic heterocycles. The van der Waals surface area contributed by atoms with E-state index < -0.39 is 10.8 Å². The fourth-order valence-electron chi connectivity index (χ4n) is 19.9. The van der Waals surface area contributed by atoms with E-state index in [0.29, 0.717) is 0 Å². The van der Waals surface area contributed by atoms with Crippen LogP contribution in [0.25, 0.3) is 111 Å². The van der Waals surface area contributed by atoms with E-state index in [1.54, 1.807) is 0 Å². The van der Waals surface area contributed by atoms with Crippen molar-refractivity contribution in [2.45, 2.75) is 140 Å². The molecule has 0 atom stereocenters. The topological polar surface area (TPSA) is 29.5 Å². The van der Waals surface area contributed by atoms with E-state index in [1.165, 1.54) is 201 Å². The van der Waals surface area contributed by atoms with Gasteiger partial charge >= 0.3 is 0 Å². The van der Waals surface area contributed by atoms with Gasteiger partial charge < -0.3 is 13.7 Å². The smallest absolute Gasteiger partial charge is 0.144 e. The highest BCUT2D eigenvalue weighted by Crippen LogP contribution is 2.67. The Balaban J connectivity index is 0.884. The summed E-state index contributed by atoms with van der Waals surface area (Å²) in [7, 11) is 0. The average molecular weight is 1260 g/mol. The predicted molar refractivity (Wildman–Crippen MR) is 406 cm³/mol. The molecule has 3 heteroatoms. The second kappa shape index (κ2) is 21.8. The number of nitrogens with zero attached hydrogens (tertiary/aromatic N) is 1. The van der Waals surface area contributed by atoms with Gasteiger partial charge in [0.15, 0.2) is 0 Å². The van der Waals surface area contributed by atoms with Crippen molar-refractivity contribution >= 4 is 60.9 Å². The zero-order chi connectivity index (χ0) is 65.1. The number of unbranched alkanes of at least 4 members (excludes halogenated alkanes) is 8. The van der Waals surface area contributed by atoms with E-state index in [2.05, 4.69) is 283 Å². The third-order valence-corrected chi connectivity index (χ3v) is 24.1. The monoisotopic (exact) mass is 1260 g/mol.